The van der Waals surface area contributed by atoms with Gasteiger partial charge in [0.05, 0.1) is 17.2 Å². The summed E-state index contributed by atoms with van der Waals surface area (Å²) in [7, 11) is 0. The highest BCUT2D eigenvalue weighted by atomic mass is 79.9. The molecule has 0 bridgehead atoms. The minimum atomic E-state index is 0.0689. The molecule has 18 heavy (non-hydrogen) atoms. The van der Waals surface area contributed by atoms with Gasteiger partial charge in [-0.2, -0.15) is 0 Å². The van der Waals surface area contributed by atoms with Gasteiger partial charge in [-0.25, -0.2) is 4.98 Å². The third kappa shape index (κ3) is 2.08. The molecule has 1 aliphatic rings. The van der Waals surface area contributed by atoms with E-state index >= 15 is 0 Å². The van der Waals surface area contributed by atoms with Crippen molar-refractivity contribution in [2.24, 2.45) is 0 Å². The summed E-state index contributed by atoms with van der Waals surface area (Å²) in [4.78, 5) is 16.8. The van der Waals surface area contributed by atoms with Crippen molar-refractivity contribution >= 4 is 26.8 Å². The van der Waals surface area contributed by atoms with Crippen LogP contribution in [0.5, 0.6) is 0 Å². The second kappa shape index (κ2) is 4.82. The van der Waals surface area contributed by atoms with E-state index in [4.69, 9.17) is 0 Å². The van der Waals surface area contributed by atoms with Gasteiger partial charge in [0.2, 0.25) is 0 Å². The van der Waals surface area contributed by atoms with Gasteiger partial charge in [0, 0.05) is 10.5 Å². The highest BCUT2D eigenvalue weighted by molar-refractivity contribution is 9.10. The number of aromatic nitrogens is 2. The number of nitrogens with one attached hydrogen (secondary N) is 1. The van der Waals surface area contributed by atoms with Crippen LogP contribution in [-0.2, 0) is 0 Å². The number of piperidine rings is 1. The average Bonchev–Trinajstić information content (AvgIpc) is 2.40. The summed E-state index contributed by atoms with van der Waals surface area (Å²) < 4.78 is 2.73. The average molecular weight is 308 g/mol. The molecule has 0 atom stereocenters. The molecular formula is C13H14BrN3O. The van der Waals surface area contributed by atoms with E-state index in [0.717, 1.165) is 35.9 Å². The van der Waals surface area contributed by atoms with Crippen LogP contribution in [0.3, 0.4) is 0 Å². The molecule has 1 saturated heterocycles. The van der Waals surface area contributed by atoms with Crippen molar-refractivity contribution in [1.82, 2.24) is 14.9 Å². The van der Waals surface area contributed by atoms with E-state index in [1.807, 2.05) is 18.2 Å². The number of rotatable bonds is 1. The first-order valence-corrected chi connectivity index (χ1v) is 6.92. The van der Waals surface area contributed by atoms with Crippen LogP contribution in [0.2, 0.25) is 0 Å². The lowest BCUT2D eigenvalue weighted by Gasteiger charge is -2.24. The zero-order valence-electron chi connectivity index (χ0n) is 9.90. The molecule has 2 heterocycles. The molecule has 1 fully saturated rings. The van der Waals surface area contributed by atoms with E-state index in [1.165, 1.54) is 0 Å². The number of benzene rings is 1. The van der Waals surface area contributed by atoms with Crippen LogP contribution in [0.25, 0.3) is 10.9 Å². The number of nitrogens with zero attached hydrogens (tertiary/aromatic N) is 2. The number of hydrogen-bond donors (Lipinski definition) is 1. The van der Waals surface area contributed by atoms with Gasteiger partial charge in [-0.15, -0.1) is 0 Å². The van der Waals surface area contributed by atoms with Crippen LogP contribution < -0.4 is 10.9 Å². The lowest BCUT2D eigenvalue weighted by atomic mass is 10.1. The van der Waals surface area contributed by atoms with E-state index in [1.54, 1.807) is 10.9 Å². The van der Waals surface area contributed by atoms with Crippen molar-refractivity contribution in [2.75, 3.05) is 13.1 Å². The van der Waals surface area contributed by atoms with E-state index in [0.29, 0.717) is 5.39 Å². The maximum absolute atomic E-state index is 12.4. The van der Waals surface area contributed by atoms with Gasteiger partial charge in [0.15, 0.2) is 0 Å². The third-order valence-corrected chi connectivity index (χ3v) is 3.94. The summed E-state index contributed by atoms with van der Waals surface area (Å²) in [6.45, 7) is 1.94. The van der Waals surface area contributed by atoms with E-state index in [-0.39, 0.29) is 11.6 Å². The molecule has 5 heteroatoms. The van der Waals surface area contributed by atoms with Crippen LogP contribution in [-0.4, -0.2) is 22.6 Å². The first kappa shape index (κ1) is 11.9. The third-order valence-electron chi connectivity index (χ3n) is 3.45. The predicted octanol–water partition coefficient (Wildman–Crippen LogP) is 2.08. The van der Waals surface area contributed by atoms with E-state index in [2.05, 4.69) is 26.2 Å². The van der Waals surface area contributed by atoms with Gasteiger partial charge in [-0.1, -0.05) is 15.9 Å². The van der Waals surface area contributed by atoms with Crippen molar-refractivity contribution < 1.29 is 0 Å². The van der Waals surface area contributed by atoms with Crippen LogP contribution >= 0.6 is 15.9 Å². The number of halogens is 1. The Balaban J connectivity index is 2.11. The molecule has 94 valence electrons. The van der Waals surface area contributed by atoms with Gasteiger partial charge < -0.3 is 5.32 Å². The first-order chi connectivity index (χ1) is 8.75. The fraction of sp³-hybridized carbons (Fsp3) is 0.385. The Morgan fingerprint density at radius 2 is 2.11 bits per heavy atom. The first-order valence-electron chi connectivity index (χ1n) is 6.13. The normalized spacial score (nSPS) is 17.2. The summed E-state index contributed by atoms with van der Waals surface area (Å²) in [6, 6.07) is 5.88. The summed E-state index contributed by atoms with van der Waals surface area (Å²) in [6.07, 6.45) is 3.67. The molecule has 1 N–H and O–H groups in total. The molecule has 1 aromatic carbocycles. The zero-order chi connectivity index (χ0) is 12.5. The lowest BCUT2D eigenvalue weighted by Crippen LogP contribution is -2.34. The van der Waals surface area contributed by atoms with E-state index < -0.39 is 0 Å². The maximum atomic E-state index is 12.4. The smallest absolute Gasteiger partial charge is 0.261 e. The van der Waals surface area contributed by atoms with Crippen LogP contribution in [0.1, 0.15) is 18.9 Å². The van der Waals surface area contributed by atoms with Crippen LogP contribution in [0.15, 0.2) is 33.8 Å². The molecule has 4 nitrogen and oxygen atoms in total. The SMILES string of the molecule is O=c1c2ccc(Br)cc2ncn1C1CCNCC1. The van der Waals surface area contributed by atoms with Crippen molar-refractivity contribution in [1.29, 1.82) is 0 Å². The summed E-state index contributed by atoms with van der Waals surface area (Å²) >= 11 is 3.39. The van der Waals surface area contributed by atoms with Crippen LogP contribution in [0.4, 0.5) is 0 Å². The van der Waals surface area contributed by atoms with Crippen molar-refractivity contribution in [2.45, 2.75) is 18.9 Å². The fourth-order valence-electron chi connectivity index (χ4n) is 2.45. The molecule has 0 aliphatic carbocycles. The van der Waals surface area contributed by atoms with Crippen molar-refractivity contribution in [3.05, 3.63) is 39.4 Å². The maximum Gasteiger partial charge on any atom is 0.261 e. The van der Waals surface area contributed by atoms with Crippen LogP contribution in [0, 0.1) is 0 Å². The second-order valence-corrected chi connectivity index (χ2v) is 5.52. The number of fused-ring (bicyclic) bond motifs is 1. The minimum Gasteiger partial charge on any atom is -0.317 e. The summed E-state index contributed by atoms with van der Waals surface area (Å²) in [5, 5.41) is 4.00. The van der Waals surface area contributed by atoms with Gasteiger partial charge >= 0.3 is 0 Å². The molecule has 0 saturated carbocycles. The molecule has 1 aliphatic heterocycles. The Morgan fingerprint density at radius 1 is 1.33 bits per heavy atom. The van der Waals surface area contributed by atoms with Crippen molar-refractivity contribution in [3.63, 3.8) is 0 Å². The Bertz CT molecular complexity index is 632. The summed E-state index contributed by atoms with van der Waals surface area (Å²) in [5.74, 6) is 0. The van der Waals surface area contributed by atoms with E-state index in [9.17, 15) is 4.79 Å². The highest BCUT2D eigenvalue weighted by Gasteiger charge is 2.17. The summed E-state index contributed by atoms with van der Waals surface area (Å²) in [5.41, 5.74) is 0.818. The Hall–Kier alpha value is -1.20. The molecule has 0 radical (unpaired) electrons. The van der Waals surface area contributed by atoms with Crippen molar-refractivity contribution in [3.8, 4) is 0 Å². The van der Waals surface area contributed by atoms with Gasteiger partial charge in [0.25, 0.3) is 5.56 Å². The van der Waals surface area contributed by atoms with Gasteiger partial charge in [-0.05, 0) is 44.1 Å². The molecular weight excluding hydrogens is 294 g/mol. The lowest BCUT2D eigenvalue weighted by molar-refractivity contribution is 0.359. The topological polar surface area (TPSA) is 46.9 Å². The largest absolute Gasteiger partial charge is 0.317 e. The number of hydrogen-bond acceptors (Lipinski definition) is 3. The Morgan fingerprint density at radius 3 is 2.89 bits per heavy atom. The van der Waals surface area contributed by atoms with Gasteiger partial charge in [-0.3, -0.25) is 9.36 Å². The quantitative estimate of drug-likeness (QED) is 0.877. The second-order valence-electron chi connectivity index (χ2n) is 4.60. The van der Waals surface area contributed by atoms with Gasteiger partial charge in [0.1, 0.15) is 0 Å². The standard InChI is InChI=1S/C13H14BrN3O/c14-9-1-2-11-12(7-9)16-8-17(13(11)18)10-3-5-15-6-4-10/h1-2,7-8,10,15H,3-6H2. The molecule has 0 amide bonds. The minimum absolute atomic E-state index is 0.0689. The molecule has 3 rings (SSSR count). The monoisotopic (exact) mass is 307 g/mol. The molecule has 1 aromatic heterocycles. The molecule has 0 unspecified atom stereocenters. The Labute approximate surface area is 113 Å². The molecule has 2 aromatic rings. The molecule has 0 spiro atoms. The highest BCUT2D eigenvalue weighted by Crippen LogP contribution is 2.19. The predicted molar refractivity (Wildman–Crippen MR) is 74.8 cm³/mol. The fourth-order valence-corrected chi connectivity index (χ4v) is 2.80. The Kier molecular flexibility index (Phi) is 3.18. The zero-order valence-corrected chi connectivity index (χ0v) is 11.5.